The van der Waals surface area contributed by atoms with E-state index in [1.165, 1.54) is 13.2 Å². The van der Waals surface area contributed by atoms with Crippen molar-refractivity contribution in [1.82, 2.24) is 20.4 Å². The Morgan fingerprint density at radius 2 is 2.04 bits per heavy atom. The average molecular weight is 368 g/mol. The molecule has 3 aromatic rings. The van der Waals surface area contributed by atoms with Crippen LogP contribution in [0.4, 0.5) is 9.18 Å². The van der Waals surface area contributed by atoms with Crippen LogP contribution in [0.1, 0.15) is 24.1 Å². The zero-order chi connectivity index (χ0) is 19.2. The molecule has 0 spiro atoms. The number of halogens is 1. The van der Waals surface area contributed by atoms with E-state index in [9.17, 15) is 9.18 Å². The lowest BCUT2D eigenvalue weighted by Gasteiger charge is -2.15. The highest BCUT2D eigenvalue weighted by Crippen LogP contribution is 2.21. The molecule has 1 aromatic heterocycles. The van der Waals surface area contributed by atoms with Crippen LogP contribution in [-0.4, -0.2) is 22.9 Å². The summed E-state index contributed by atoms with van der Waals surface area (Å²) in [6.07, 6.45) is 3.56. The summed E-state index contributed by atoms with van der Waals surface area (Å²) in [6.45, 7) is 2.12. The fourth-order valence-corrected chi connectivity index (χ4v) is 2.64. The van der Waals surface area contributed by atoms with Gasteiger partial charge in [-0.1, -0.05) is 24.3 Å². The molecule has 7 heteroatoms. The summed E-state index contributed by atoms with van der Waals surface area (Å²) in [5, 5.41) is 9.85. The third kappa shape index (κ3) is 4.63. The Bertz CT molecular complexity index is 911. The van der Waals surface area contributed by atoms with Crippen molar-refractivity contribution in [3.05, 3.63) is 77.9 Å². The van der Waals surface area contributed by atoms with Crippen LogP contribution in [-0.2, 0) is 6.54 Å². The lowest BCUT2D eigenvalue weighted by molar-refractivity contribution is 0.237. The monoisotopic (exact) mass is 368 g/mol. The second kappa shape index (κ2) is 8.35. The van der Waals surface area contributed by atoms with E-state index in [0.717, 1.165) is 11.3 Å². The molecule has 2 amide bonds. The summed E-state index contributed by atoms with van der Waals surface area (Å²) in [4.78, 5) is 12.1. The van der Waals surface area contributed by atoms with Gasteiger partial charge in [-0.25, -0.2) is 13.9 Å². The van der Waals surface area contributed by atoms with Crippen molar-refractivity contribution in [3.8, 4) is 11.4 Å². The van der Waals surface area contributed by atoms with Crippen molar-refractivity contribution in [3.63, 3.8) is 0 Å². The highest BCUT2D eigenvalue weighted by atomic mass is 19.1. The minimum Gasteiger partial charge on any atom is -0.494 e. The van der Waals surface area contributed by atoms with Crippen LogP contribution in [0, 0.1) is 5.82 Å². The Labute approximate surface area is 157 Å². The molecule has 6 nitrogen and oxygen atoms in total. The van der Waals surface area contributed by atoms with Gasteiger partial charge in [0, 0.05) is 18.3 Å². The van der Waals surface area contributed by atoms with Crippen LogP contribution >= 0.6 is 0 Å². The Morgan fingerprint density at radius 3 is 2.74 bits per heavy atom. The van der Waals surface area contributed by atoms with E-state index in [0.29, 0.717) is 12.1 Å². The fraction of sp³-hybridized carbons (Fsp3) is 0.200. The fourth-order valence-electron chi connectivity index (χ4n) is 2.64. The molecule has 0 aliphatic rings. The number of carbonyl (C=O) groups excluding carboxylic acids is 1. The lowest BCUT2D eigenvalue weighted by atomic mass is 10.1. The summed E-state index contributed by atoms with van der Waals surface area (Å²) in [7, 11) is 1.41. The number of ether oxygens (including phenoxy) is 1. The quantitative estimate of drug-likeness (QED) is 0.699. The van der Waals surface area contributed by atoms with Gasteiger partial charge in [-0.05, 0) is 36.8 Å². The molecule has 0 aliphatic carbocycles. The lowest BCUT2D eigenvalue weighted by Crippen LogP contribution is -2.36. The third-order valence-corrected chi connectivity index (χ3v) is 4.13. The minimum atomic E-state index is -0.461. The number of para-hydroxylation sites is 1. The van der Waals surface area contributed by atoms with E-state index < -0.39 is 5.82 Å². The first kappa shape index (κ1) is 18.4. The van der Waals surface area contributed by atoms with Gasteiger partial charge in [0.05, 0.1) is 25.0 Å². The molecule has 27 heavy (non-hydrogen) atoms. The molecule has 1 heterocycles. The van der Waals surface area contributed by atoms with Crippen LogP contribution < -0.4 is 15.4 Å². The Kier molecular flexibility index (Phi) is 5.71. The summed E-state index contributed by atoms with van der Waals surface area (Å²) < 4.78 is 20.4. The summed E-state index contributed by atoms with van der Waals surface area (Å²) in [5.41, 5.74) is 2.47. The van der Waals surface area contributed by atoms with E-state index in [2.05, 4.69) is 15.7 Å². The molecule has 0 saturated heterocycles. The molecule has 0 saturated carbocycles. The number of benzene rings is 2. The minimum absolute atomic E-state index is 0.172. The molecule has 0 bridgehead atoms. The molecule has 1 atom stereocenters. The number of amides is 2. The van der Waals surface area contributed by atoms with Crippen molar-refractivity contribution in [2.45, 2.75) is 19.5 Å². The summed E-state index contributed by atoms with van der Waals surface area (Å²) in [6, 6.07) is 13.6. The summed E-state index contributed by atoms with van der Waals surface area (Å²) in [5.74, 6) is -0.289. The highest BCUT2D eigenvalue weighted by molar-refractivity contribution is 5.74. The molecule has 0 radical (unpaired) electrons. The van der Waals surface area contributed by atoms with Gasteiger partial charge in [0.25, 0.3) is 0 Å². The number of aromatic nitrogens is 2. The standard InChI is InChI=1S/C20H21FN4O2/c1-14(16-8-9-19(27-2)18(21)10-16)24-20(26)22-11-15-12-23-25(13-15)17-6-4-3-5-7-17/h3-10,12-14H,11H2,1-2H3,(H2,22,24,26)/t14-/m0/s1. The van der Waals surface area contributed by atoms with Crippen molar-refractivity contribution in [2.24, 2.45) is 0 Å². The van der Waals surface area contributed by atoms with Crippen LogP contribution in [0.25, 0.3) is 5.69 Å². The predicted molar refractivity (Wildman–Crippen MR) is 100 cm³/mol. The third-order valence-electron chi connectivity index (χ3n) is 4.13. The number of methoxy groups -OCH3 is 1. The number of carbonyl (C=O) groups is 1. The van der Waals surface area contributed by atoms with Gasteiger partial charge >= 0.3 is 6.03 Å². The van der Waals surface area contributed by atoms with Gasteiger partial charge in [-0.2, -0.15) is 5.10 Å². The molecule has 0 unspecified atom stereocenters. The topological polar surface area (TPSA) is 68.2 Å². The molecule has 3 rings (SSSR count). The van der Waals surface area contributed by atoms with Crippen LogP contribution in [0.5, 0.6) is 5.75 Å². The predicted octanol–water partition coefficient (Wildman–Crippen LogP) is 3.58. The van der Waals surface area contributed by atoms with E-state index in [1.807, 2.05) is 36.5 Å². The maximum atomic E-state index is 13.8. The summed E-state index contributed by atoms with van der Waals surface area (Å²) >= 11 is 0. The van der Waals surface area contributed by atoms with Gasteiger partial charge in [0.1, 0.15) is 0 Å². The number of urea groups is 1. The number of nitrogens with one attached hydrogen (secondary N) is 2. The second-order valence-electron chi connectivity index (χ2n) is 6.07. The smallest absolute Gasteiger partial charge is 0.315 e. The zero-order valence-electron chi connectivity index (χ0n) is 15.1. The van der Waals surface area contributed by atoms with Crippen molar-refractivity contribution in [1.29, 1.82) is 0 Å². The Morgan fingerprint density at radius 1 is 1.26 bits per heavy atom. The number of hydrogen-bond acceptors (Lipinski definition) is 3. The zero-order valence-corrected chi connectivity index (χ0v) is 15.1. The Hall–Kier alpha value is -3.35. The van der Waals surface area contributed by atoms with Gasteiger partial charge in [0.2, 0.25) is 0 Å². The van der Waals surface area contributed by atoms with Gasteiger partial charge in [-0.3, -0.25) is 0 Å². The number of hydrogen-bond donors (Lipinski definition) is 2. The van der Waals surface area contributed by atoms with Crippen molar-refractivity contribution >= 4 is 6.03 Å². The van der Waals surface area contributed by atoms with Gasteiger partial charge in [-0.15, -0.1) is 0 Å². The second-order valence-corrected chi connectivity index (χ2v) is 6.07. The maximum Gasteiger partial charge on any atom is 0.315 e. The van der Waals surface area contributed by atoms with E-state index in [4.69, 9.17) is 4.74 Å². The number of rotatable bonds is 6. The van der Waals surface area contributed by atoms with Gasteiger partial charge < -0.3 is 15.4 Å². The molecule has 140 valence electrons. The highest BCUT2D eigenvalue weighted by Gasteiger charge is 2.12. The first-order valence-corrected chi connectivity index (χ1v) is 8.53. The molecule has 2 N–H and O–H groups in total. The van der Waals surface area contributed by atoms with Crippen molar-refractivity contribution < 1.29 is 13.9 Å². The largest absolute Gasteiger partial charge is 0.494 e. The molecule has 2 aromatic carbocycles. The van der Waals surface area contributed by atoms with Crippen LogP contribution in [0.2, 0.25) is 0 Å². The molecule has 0 aliphatic heterocycles. The van der Waals surface area contributed by atoms with E-state index >= 15 is 0 Å². The van der Waals surface area contributed by atoms with Crippen LogP contribution in [0.3, 0.4) is 0 Å². The Balaban J connectivity index is 1.54. The average Bonchev–Trinajstić information content (AvgIpc) is 3.16. The number of nitrogens with zero attached hydrogens (tertiary/aromatic N) is 2. The first-order valence-electron chi connectivity index (χ1n) is 8.53. The van der Waals surface area contributed by atoms with Crippen molar-refractivity contribution in [2.75, 3.05) is 7.11 Å². The van der Waals surface area contributed by atoms with E-state index in [1.54, 1.807) is 29.9 Å². The van der Waals surface area contributed by atoms with Crippen LogP contribution in [0.15, 0.2) is 60.9 Å². The maximum absolute atomic E-state index is 13.8. The van der Waals surface area contributed by atoms with Gasteiger partial charge in [0.15, 0.2) is 11.6 Å². The molecular weight excluding hydrogens is 347 g/mol. The molecular formula is C20H21FN4O2. The van der Waals surface area contributed by atoms with E-state index in [-0.39, 0.29) is 17.8 Å². The SMILES string of the molecule is COc1ccc([C@H](C)NC(=O)NCc2cnn(-c3ccccc3)c2)cc1F. The first-order chi connectivity index (χ1) is 13.1. The normalized spacial score (nSPS) is 11.7. The molecule has 0 fully saturated rings.